The molecule has 0 radical (unpaired) electrons. The molecule has 5 nitrogen and oxygen atoms in total. The summed E-state index contributed by atoms with van der Waals surface area (Å²) < 4.78 is 24.7. The molecule has 2 N–H and O–H groups in total. The van der Waals surface area contributed by atoms with E-state index < -0.39 is 21.9 Å². The second kappa shape index (κ2) is 5.45. The molecule has 0 amide bonds. The Morgan fingerprint density at radius 3 is 2.67 bits per heavy atom. The molecule has 0 aliphatic heterocycles. The highest BCUT2D eigenvalue weighted by Gasteiger charge is 2.24. The van der Waals surface area contributed by atoms with Crippen LogP contribution < -0.4 is 4.72 Å². The van der Waals surface area contributed by atoms with Gasteiger partial charge in [-0.05, 0) is 18.8 Å². The summed E-state index contributed by atoms with van der Waals surface area (Å²) in [5.74, 6) is -0.525. The SMILES string of the molecule is N#CCS(=O)(=O)NCC1CCCCC1O. The van der Waals surface area contributed by atoms with Crippen LogP contribution in [-0.2, 0) is 10.0 Å². The first-order chi connectivity index (χ1) is 7.05. The molecule has 0 aromatic rings. The van der Waals surface area contributed by atoms with Crippen LogP contribution in [-0.4, -0.2) is 31.9 Å². The first-order valence-electron chi connectivity index (χ1n) is 5.07. The molecule has 2 unspecified atom stereocenters. The molecule has 86 valence electrons. The number of hydrogen-bond acceptors (Lipinski definition) is 4. The molecule has 0 saturated heterocycles. The van der Waals surface area contributed by atoms with Crippen molar-refractivity contribution in [1.29, 1.82) is 5.26 Å². The minimum atomic E-state index is -3.48. The topological polar surface area (TPSA) is 90.2 Å². The Hall–Kier alpha value is -0.640. The monoisotopic (exact) mass is 232 g/mol. The number of nitrogens with zero attached hydrogens (tertiary/aromatic N) is 1. The largest absolute Gasteiger partial charge is 0.393 e. The zero-order chi connectivity index (χ0) is 11.3. The molecule has 2 atom stereocenters. The number of nitrogens with one attached hydrogen (secondary N) is 1. The van der Waals surface area contributed by atoms with Gasteiger partial charge in [-0.3, -0.25) is 0 Å². The van der Waals surface area contributed by atoms with Gasteiger partial charge in [-0.1, -0.05) is 12.8 Å². The molecule has 15 heavy (non-hydrogen) atoms. The Balaban J connectivity index is 2.39. The normalized spacial score (nSPS) is 27.2. The molecule has 1 aliphatic rings. The highest BCUT2D eigenvalue weighted by atomic mass is 32.2. The van der Waals surface area contributed by atoms with E-state index in [4.69, 9.17) is 5.26 Å². The minimum Gasteiger partial charge on any atom is -0.393 e. The lowest BCUT2D eigenvalue weighted by Gasteiger charge is -2.27. The average Bonchev–Trinajstić information content (AvgIpc) is 2.16. The van der Waals surface area contributed by atoms with Gasteiger partial charge < -0.3 is 5.11 Å². The van der Waals surface area contributed by atoms with Crippen molar-refractivity contribution < 1.29 is 13.5 Å². The fraction of sp³-hybridized carbons (Fsp3) is 0.889. The van der Waals surface area contributed by atoms with Crippen molar-refractivity contribution in [3.05, 3.63) is 0 Å². The fourth-order valence-electron chi connectivity index (χ4n) is 1.80. The summed E-state index contributed by atoms with van der Waals surface area (Å²) in [4.78, 5) is 0. The summed E-state index contributed by atoms with van der Waals surface area (Å²) in [5, 5.41) is 17.9. The summed E-state index contributed by atoms with van der Waals surface area (Å²) in [6.45, 7) is 0.241. The predicted molar refractivity (Wildman–Crippen MR) is 55.4 cm³/mol. The predicted octanol–water partition coefficient (Wildman–Crippen LogP) is -0.0195. The van der Waals surface area contributed by atoms with Crippen molar-refractivity contribution in [1.82, 2.24) is 4.72 Å². The van der Waals surface area contributed by atoms with Gasteiger partial charge in [0.1, 0.15) is 0 Å². The minimum absolute atomic E-state index is 0.00721. The molecule has 0 aromatic carbocycles. The first kappa shape index (κ1) is 12.4. The summed E-state index contributed by atoms with van der Waals surface area (Å²) in [5.41, 5.74) is 0. The maximum Gasteiger partial charge on any atom is 0.225 e. The van der Waals surface area contributed by atoms with Crippen molar-refractivity contribution in [2.24, 2.45) is 5.92 Å². The van der Waals surface area contributed by atoms with E-state index in [1.165, 1.54) is 0 Å². The third-order valence-electron chi connectivity index (χ3n) is 2.69. The third kappa shape index (κ3) is 4.16. The van der Waals surface area contributed by atoms with Crippen LogP contribution in [0, 0.1) is 17.2 Å². The number of aliphatic hydroxyl groups excluding tert-OH is 1. The lowest BCUT2D eigenvalue weighted by atomic mass is 9.87. The van der Waals surface area contributed by atoms with Crippen molar-refractivity contribution in [2.45, 2.75) is 31.8 Å². The Kier molecular flexibility index (Phi) is 4.51. The lowest BCUT2D eigenvalue weighted by Crippen LogP contribution is -2.37. The van der Waals surface area contributed by atoms with E-state index in [2.05, 4.69) is 4.72 Å². The number of hydrogen-bond donors (Lipinski definition) is 2. The molecule has 0 aromatic heterocycles. The summed E-state index contributed by atoms with van der Waals surface area (Å²) >= 11 is 0. The summed E-state index contributed by atoms with van der Waals surface area (Å²) in [7, 11) is -3.48. The van der Waals surface area contributed by atoms with E-state index in [-0.39, 0.29) is 12.5 Å². The van der Waals surface area contributed by atoms with E-state index in [0.29, 0.717) is 0 Å². The maximum absolute atomic E-state index is 11.2. The fourth-order valence-corrected chi connectivity index (χ4v) is 2.54. The van der Waals surface area contributed by atoms with Crippen LogP contribution in [0.25, 0.3) is 0 Å². The molecule has 1 saturated carbocycles. The van der Waals surface area contributed by atoms with Gasteiger partial charge in [0, 0.05) is 6.54 Å². The smallest absolute Gasteiger partial charge is 0.225 e. The quantitative estimate of drug-likeness (QED) is 0.712. The molecular weight excluding hydrogens is 216 g/mol. The zero-order valence-electron chi connectivity index (χ0n) is 8.52. The van der Waals surface area contributed by atoms with Crippen molar-refractivity contribution in [3.63, 3.8) is 0 Å². The molecule has 1 aliphatic carbocycles. The number of sulfonamides is 1. The van der Waals surface area contributed by atoms with Gasteiger partial charge in [0.15, 0.2) is 5.75 Å². The zero-order valence-corrected chi connectivity index (χ0v) is 9.33. The van der Waals surface area contributed by atoms with E-state index in [0.717, 1.165) is 25.7 Å². The summed E-state index contributed by atoms with van der Waals surface area (Å²) in [6, 6.07) is 1.59. The van der Waals surface area contributed by atoms with Gasteiger partial charge >= 0.3 is 0 Å². The number of aliphatic hydroxyl groups is 1. The highest BCUT2D eigenvalue weighted by Crippen LogP contribution is 2.23. The molecule has 1 fully saturated rings. The molecule has 6 heteroatoms. The molecule has 0 heterocycles. The van der Waals surface area contributed by atoms with E-state index >= 15 is 0 Å². The second-order valence-corrected chi connectivity index (χ2v) is 5.68. The van der Waals surface area contributed by atoms with Gasteiger partial charge in [-0.2, -0.15) is 5.26 Å². The Bertz CT molecular complexity index is 334. The molecular formula is C9H16N2O3S. The Morgan fingerprint density at radius 2 is 2.07 bits per heavy atom. The van der Waals surface area contributed by atoms with E-state index in [1.807, 2.05) is 0 Å². The second-order valence-electron chi connectivity index (χ2n) is 3.88. The maximum atomic E-state index is 11.2. The van der Waals surface area contributed by atoms with Crippen LogP contribution in [0.3, 0.4) is 0 Å². The van der Waals surface area contributed by atoms with Crippen LogP contribution in [0.1, 0.15) is 25.7 Å². The van der Waals surface area contributed by atoms with E-state index in [1.54, 1.807) is 6.07 Å². The van der Waals surface area contributed by atoms with Gasteiger partial charge in [0.05, 0.1) is 12.2 Å². The van der Waals surface area contributed by atoms with Crippen LogP contribution in [0.15, 0.2) is 0 Å². The average molecular weight is 232 g/mol. The number of nitriles is 1. The molecule has 0 spiro atoms. The Labute approximate surface area is 90.2 Å². The molecule has 1 rings (SSSR count). The van der Waals surface area contributed by atoms with Crippen molar-refractivity contribution in [3.8, 4) is 6.07 Å². The van der Waals surface area contributed by atoms with Crippen LogP contribution in [0.4, 0.5) is 0 Å². The van der Waals surface area contributed by atoms with Crippen LogP contribution in [0.5, 0.6) is 0 Å². The van der Waals surface area contributed by atoms with E-state index in [9.17, 15) is 13.5 Å². The molecule has 0 bridgehead atoms. The highest BCUT2D eigenvalue weighted by molar-refractivity contribution is 7.89. The van der Waals surface area contributed by atoms with Crippen molar-refractivity contribution >= 4 is 10.0 Å². The van der Waals surface area contributed by atoms with Gasteiger partial charge in [0.25, 0.3) is 0 Å². The van der Waals surface area contributed by atoms with Gasteiger partial charge in [-0.25, -0.2) is 13.1 Å². The third-order valence-corrected chi connectivity index (χ3v) is 3.80. The summed E-state index contributed by atoms with van der Waals surface area (Å²) in [6.07, 6.45) is 3.20. The van der Waals surface area contributed by atoms with Gasteiger partial charge in [0.2, 0.25) is 10.0 Å². The van der Waals surface area contributed by atoms with Crippen LogP contribution >= 0.6 is 0 Å². The van der Waals surface area contributed by atoms with Crippen LogP contribution in [0.2, 0.25) is 0 Å². The van der Waals surface area contributed by atoms with Gasteiger partial charge in [-0.15, -0.1) is 0 Å². The number of rotatable bonds is 4. The lowest BCUT2D eigenvalue weighted by molar-refractivity contribution is 0.0725. The Morgan fingerprint density at radius 1 is 1.40 bits per heavy atom. The first-order valence-corrected chi connectivity index (χ1v) is 6.73. The van der Waals surface area contributed by atoms with Crippen molar-refractivity contribution in [2.75, 3.05) is 12.3 Å². The standard InChI is InChI=1S/C9H16N2O3S/c10-5-6-15(13,14)11-7-8-3-1-2-4-9(8)12/h8-9,11-12H,1-4,6-7H2.